The smallest absolute Gasteiger partial charge is 0.252 e. The number of nitrogens with one attached hydrogen (secondary N) is 1. The van der Waals surface area contributed by atoms with Gasteiger partial charge in [0.1, 0.15) is 5.82 Å². The Labute approximate surface area is 132 Å². The normalized spacial score (nSPS) is 13.0. The van der Waals surface area contributed by atoms with E-state index < -0.39 is 11.7 Å². The molecule has 1 amide bonds. The van der Waals surface area contributed by atoms with Gasteiger partial charge in [-0.05, 0) is 37.0 Å². The monoisotopic (exact) mass is 315 g/mol. The largest absolute Gasteiger partial charge is 0.365 e. The van der Waals surface area contributed by atoms with E-state index in [1.54, 1.807) is 16.7 Å². The SMILES string of the molecule is CCc1ccc(Nc2cc(=O)n3c(c2C(N)=O)CCC3)c(F)c1. The molecule has 120 valence electrons. The zero-order chi connectivity index (χ0) is 16.6. The molecule has 1 aliphatic heterocycles. The maximum absolute atomic E-state index is 14.2. The second-order valence-corrected chi connectivity index (χ2v) is 5.63. The number of benzene rings is 1. The molecule has 2 aromatic rings. The van der Waals surface area contributed by atoms with Crippen LogP contribution in [0.1, 0.15) is 35.0 Å². The van der Waals surface area contributed by atoms with E-state index in [9.17, 15) is 14.0 Å². The van der Waals surface area contributed by atoms with Crippen molar-refractivity contribution in [2.24, 2.45) is 5.73 Å². The van der Waals surface area contributed by atoms with Gasteiger partial charge in [0, 0.05) is 18.3 Å². The summed E-state index contributed by atoms with van der Waals surface area (Å²) in [4.78, 5) is 24.0. The maximum atomic E-state index is 14.2. The van der Waals surface area contributed by atoms with E-state index >= 15 is 0 Å². The first-order valence-corrected chi connectivity index (χ1v) is 7.63. The molecule has 0 aliphatic carbocycles. The summed E-state index contributed by atoms with van der Waals surface area (Å²) in [5.74, 6) is -1.05. The van der Waals surface area contributed by atoms with Crippen LogP contribution in [-0.2, 0) is 19.4 Å². The number of halogens is 1. The van der Waals surface area contributed by atoms with Crippen LogP contribution >= 0.6 is 0 Å². The van der Waals surface area contributed by atoms with E-state index in [0.29, 0.717) is 18.7 Å². The number of anilines is 2. The van der Waals surface area contributed by atoms with Crippen LogP contribution in [0.15, 0.2) is 29.1 Å². The third-order valence-electron chi connectivity index (χ3n) is 4.17. The highest BCUT2D eigenvalue weighted by molar-refractivity contribution is 6.00. The number of primary amides is 1. The van der Waals surface area contributed by atoms with Crippen LogP contribution in [0.3, 0.4) is 0 Å². The molecular formula is C17H18FN3O2. The van der Waals surface area contributed by atoms with Crippen molar-refractivity contribution in [1.82, 2.24) is 4.57 Å². The van der Waals surface area contributed by atoms with E-state index in [2.05, 4.69) is 5.32 Å². The number of nitrogens with two attached hydrogens (primary N) is 1. The molecule has 3 N–H and O–H groups in total. The Kier molecular flexibility index (Phi) is 3.90. The lowest BCUT2D eigenvalue weighted by Gasteiger charge is -2.15. The molecular weight excluding hydrogens is 297 g/mol. The van der Waals surface area contributed by atoms with E-state index in [1.807, 2.05) is 6.92 Å². The van der Waals surface area contributed by atoms with Gasteiger partial charge in [-0.1, -0.05) is 13.0 Å². The molecule has 0 bridgehead atoms. The number of nitrogens with zero attached hydrogens (tertiary/aromatic N) is 1. The molecule has 0 fully saturated rings. The molecule has 0 saturated carbocycles. The third kappa shape index (κ3) is 2.72. The lowest BCUT2D eigenvalue weighted by molar-refractivity contribution is 0.0999. The van der Waals surface area contributed by atoms with Crippen molar-refractivity contribution < 1.29 is 9.18 Å². The quantitative estimate of drug-likeness (QED) is 0.909. The first-order valence-electron chi connectivity index (χ1n) is 7.63. The number of fused-ring (bicyclic) bond motifs is 1. The number of rotatable bonds is 4. The number of hydrogen-bond donors (Lipinski definition) is 2. The molecule has 1 aromatic heterocycles. The van der Waals surface area contributed by atoms with E-state index in [0.717, 1.165) is 18.4 Å². The van der Waals surface area contributed by atoms with Crippen molar-refractivity contribution in [1.29, 1.82) is 0 Å². The fourth-order valence-electron chi connectivity index (χ4n) is 3.01. The van der Waals surface area contributed by atoms with Gasteiger partial charge in [-0.15, -0.1) is 0 Å². The molecule has 0 spiro atoms. The fourth-order valence-corrected chi connectivity index (χ4v) is 3.01. The summed E-state index contributed by atoms with van der Waals surface area (Å²) < 4.78 is 15.7. The van der Waals surface area contributed by atoms with Gasteiger partial charge in [-0.2, -0.15) is 0 Å². The zero-order valence-electron chi connectivity index (χ0n) is 12.9. The molecule has 23 heavy (non-hydrogen) atoms. The summed E-state index contributed by atoms with van der Waals surface area (Å²) >= 11 is 0. The highest BCUT2D eigenvalue weighted by Crippen LogP contribution is 2.27. The highest BCUT2D eigenvalue weighted by atomic mass is 19.1. The molecule has 5 nitrogen and oxygen atoms in total. The average Bonchev–Trinajstić information content (AvgIpc) is 2.98. The first-order chi connectivity index (χ1) is 11.0. The second-order valence-electron chi connectivity index (χ2n) is 5.63. The van der Waals surface area contributed by atoms with Gasteiger partial charge in [0.25, 0.3) is 11.5 Å². The second kappa shape index (κ2) is 5.87. The Bertz CT molecular complexity index is 842. The first kappa shape index (κ1) is 15.3. The molecule has 1 aromatic carbocycles. The molecule has 0 unspecified atom stereocenters. The molecule has 0 saturated heterocycles. The molecule has 1 aliphatic rings. The van der Waals surface area contributed by atoms with Crippen LogP contribution in [0.25, 0.3) is 0 Å². The predicted octanol–water partition coefficient (Wildman–Crippen LogP) is 2.34. The Morgan fingerprint density at radius 3 is 2.78 bits per heavy atom. The van der Waals surface area contributed by atoms with Gasteiger partial charge in [0.05, 0.1) is 16.9 Å². The van der Waals surface area contributed by atoms with Gasteiger partial charge >= 0.3 is 0 Å². The number of amides is 1. The minimum atomic E-state index is -0.622. The summed E-state index contributed by atoms with van der Waals surface area (Å²) in [6.45, 7) is 2.52. The average molecular weight is 315 g/mol. The number of hydrogen-bond acceptors (Lipinski definition) is 3. The van der Waals surface area contributed by atoms with E-state index in [4.69, 9.17) is 5.73 Å². The van der Waals surface area contributed by atoms with E-state index in [1.165, 1.54) is 12.1 Å². The Morgan fingerprint density at radius 2 is 2.13 bits per heavy atom. The Hall–Kier alpha value is -2.63. The van der Waals surface area contributed by atoms with Crippen molar-refractivity contribution in [3.05, 3.63) is 57.3 Å². The van der Waals surface area contributed by atoms with E-state index in [-0.39, 0.29) is 22.5 Å². The fraction of sp³-hybridized carbons (Fsp3) is 0.294. The molecule has 2 heterocycles. The summed E-state index contributed by atoms with van der Waals surface area (Å²) in [5, 5.41) is 2.85. The van der Waals surface area contributed by atoms with Crippen molar-refractivity contribution in [3.8, 4) is 0 Å². The number of pyridine rings is 1. The van der Waals surface area contributed by atoms with Gasteiger partial charge < -0.3 is 15.6 Å². The lowest BCUT2D eigenvalue weighted by Crippen LogP contribution is -2.25. The third-order valence-corrected chi connectivity index (χ3v) is 4.17. The number of aryl methyl sites for hydroxylation is 1. The van der Waals surface area contributed by atoms with Gasteiger partial charge in [0.15, 0.2) is 0 Å². The maximum Gasteiger partial charge on any atom is 0.252 e. The number of carbonyl (C=O) groups is 1. The minimum absolute atomic E-state index is 0.212. The lowest BCUT2D eigenvalue weighted by atomic mass is 10.1. The summed E-state index contributed by atoms with van der Waals surface area (Å²) in [5.41, 5.74) is 7.51. The van der Waals surface area contributed by atoms with Gasteiger partial charge in [0.2, 0.25) is 0 Å². The van der Waals surface area contributed by atoms with Crippen LogP contribution in [0.4, 0.5) is 15.8 Å². The van der Waals surface area contributed by atoms with Gasteiger partial charge in [-0.3, -0.25) is 9.59 Å². The van der Waals surface area contributed by atoms with Crippen molar-refractivity contribution in [3.63, 3.8) is 0 Å². The van der Waals surface area contributed by atoms with Gasteiger partial charge in [-0.25, -0.2) is 4.39 Å². The Morgan fingerprint density at radius 1 is 1.35 bits per heavy atom. The van der Waals surface area contributed by atoms with Crippen LogP contribution in [0.2, 0.25) is 0 Å². The highest BCUT2D eigenvalue weighted by Gasteiger charge is 2.23. The predicted molar refractivity (Wildman–Crippen MR) is 86.6 cm³/mol. The summed E-state index contributed by atoms with van der Waals surface area (Å²) in [6, 6.07) is 6.15. The van der Waals surface area contributed by atoms with Crippen LogP contribution < -0.4 is 16.6 Å². The molecule has 3 rings (SSSR count). The van der Waals surface area contributed by atoms with Crippen molar-refractivity contribution in [2.75, 3.05) is 5.32 Å². The Balaban J connectivity index is 2.09. The van der Waals surface area contributed by atoms with Crippen LogP contribution in [0, 0.1) is 5.82 Å². The van der Waals surface area contributed by atoms with Crippen molar-refractivity contribution in [2.45, 2.75) is 32.7 Å². The minimum Gasteiger partial charge on any atom is -0.365 e. The standard InChI is InChI=1S/C17H18FN3O2/c1-2-10-5-6-12(11(18)8-10)20-13-9-15(22)21-7-3-4-14(21)16(13)17(19)23/h5-6,8-9,20H,2-4,7H2,1H3,(H2,19,23). The number of carbonyl (C=O) groups excluding carboxylic acids is 1. The number of aromatic nitrogens is 1. The zero-order valence-corrected chi connectivity index (χ0v) is 12.9. The molecule has 6 heteroatoms. The van der Waals surface area contributed by atoms with Crippen LogP contribution in [-0.4, -0.2) is 10.5 Å². The topological polar surface area (TPSA) is 77.1 Å². The van der Waals surface area contributed by atoms with Crippen LogP contribution in [0.5, 0.6) is 0 Å². The summed E-state index contributed by atoms with van der Waals surface area (Å²) in [6.07, 6.45) is 2.13. The van der Waals surface area contributed by atoms with Crippen molar-refractivity contribution >= 4 is 17.3 Å². The molecule has 0 radical (unpaired) electrons. The molecule has 0 atom stereocenters. The summed E-state index contributed by atoms with van der Waals surface area (Å²) in [7, 11) is 0.